The predicted octanol–water partition coefficient (Wildman–Crippen LogP) is -0.0659. The zero-order valence-electron chi connectivity index (χ0n) is 9.12. The molecule has 1 amide bonds. The third-order valence-electron chi connectivity index (χ3n) is 2.79. The summed E-state index contributed by atoms with van der Waals surface area (Å²) in [5.74, 6) is -0.231. The molecule has 0 aromatic heterocycles. The minimum Gasteiger partial charge on any atom is -0.369 e. The number of amides is 1. The van der Waals surface area contributed by atoms with E-state index in [1.807, 2.05) is 0 Å². The van der Waals surface area contributed by atoms with Crippen LogP contribution in [0.2, 0.25) is 0 Å². The Morgan fingerprint density at radius 3 is 2.50 bits per heavy atom. The number of nitrogens with zero attached hydrogens (tertiary/aromatic N) is 1. The zero-order chi connectivity index (χ0) is 10.6. The van der Waals surface area contributed by atoms with Crippen LogP contribution in [-0.2, 0) is 4.79 Å². The number of nitrogens with one attached hydrogen (secondary N) is 1. The molecule has 0 atom stereocenters. The van der Waals surface area contributed by atoms with Crippen LogP contribution in [-0.4, -0.2) is 42.5 Å². The summed E-state index contributed by atoms with van der Waals surface area (Å²) in [6, 6.07) is 1.18. The van der Waals surface area contributed by atoms with Gasteiger partial charge in [-0.3, -0.25) is 9.69 Å². The van der Waals surface area contributed by atoms with Crippen LogP contribution < -0.4 is 11.1 Å². The van der Waals surface area contributed by atoms with Crippen molar-refractivity contribution in [2.24, 2.45) is 5.73 Å². The van der Waals surface area contributed by atoms with Gasteiger partial charge in [-0.15, -0.1) is 0 Å². The third-order valence-corrected chi connectivity index (χ3v) is 2.79. The van der Waals surface area contributed by atoms with Gasteiger partial charge in [0.1, 0.15) is 0 Å². The van der Waals surface area contributed by atoms with E-state index in [4.69, 9.17) is 5.73 Å². The van der Waals surface area contributed by atoms with Gasteiger partial charge in [0.2, 0.25) is 5.91 Å². The van der Waals surface area contributed by atoms with E-state index < -0.39 is 0 Å². The second-order valence-electron chi connectivity index (χ2n) is 4.04. The van der Waals surface area contributed by atoms with Gasteiger partial charge < -0.3 is 11.1 Å². The predicted molar refractivity (Wildman–Crippen MR) is 56.9 cm³/mol. The highest BCUT2D eigenvalue weighted by atomic mass is 16.1. The zero-order valence-corrected chi connectivity index (χ0v) is 9.12. The molecule has 0 saturated carbocycles. The number of carbonyl (C=O) groups excluding carboxylic acids is 1. The molecule has 14 heavy (non-hydrogen) atoms. The van der Waals surface area contributed by atoms with Crippen LogP contribution in [0.25, 0.3) is 0 Å². The molecule has 82 valence electrons. The van der Waals surface area contributed by atoms with Crippen LogP contribution in [0.1, 0.15) is 26.7 Å². The first-order valence-corrected chi connectivity index (χ1v) is 5.42. The molecule has 0 radical (unpaired) electrons. The number of carbonyl (C=O) groups is 1. The first-order chi connectivity index (χ1) is 6.65. The molecule has 1 rings (SSSR count). The normalized spacial score (nSPS) is 18.5. The van der Waals surface area contributed by atoms with Crippen molar-refractivity contribution < 1.29 is 4.79 Å². The van der Waals surface area contributed by atoms with Crippen molar-refractivity contribution in [3.63, 3.8) is 0 Å². The average molecular weight is 199 g/mol. The molecule has 4 heteroatoms. The van der Waals surface area contributed by atoms with Gasteiger partial charge >= 0.3 is 0 Å². The Bertz CT molecular complexity index is 186. The molecule has 1 saturated heterocycles. The van der Waals surface area contributed by atoms with E-state index >= 15 is 0 Å². The van der Waals surface area contributed by atoms with Gasteiger partial charge in [-0.2, -0.15) is 0 Å². The number of hydrogen-bond donors (Lipinski definition) is 2. The van der Waals surface area contributed by atoms with Gasteiger partial charge in [-0.05, 0) is 12.8 Å². The number of primary amides is 1. The summed E-state index contributed by atoms with van der Waals surface area (Å²) in [5, 5.41) is 3.56. The molecule has 4 nitrogen and oxygen atoms in total. The lowest BCUT2D eigenvalue weighted by atomic mass is 10.1. The summed E-state index contributed by atoms with van der Waals surface area (Å²) < 4.78 is 0. The van der Waals surface area contributed by atoms with E-state index in [0.29, 0.717) is 18.6 Å². The van der Waals surface area contributed by atoms with E-state index in [9.17, 15) is 4.79 Å². The fraction of sp³-hybridized carbons (Fsp3) is 0.900. The van der Waals surface area contributed by atoms with Crippen LogP contribution in [0.3, 0.4) is 0 Å². The lowest BCUT2D eigenvalue weighted by Crippen LogP contribution is -2.61. The van der Waals surface area contributed by atoms with Gasteiger partial charge in [0.15, 0.2) is 0 Å². The Labute approximate surface area is 85.8 Å². The molecule has 0 spiro atoms. The molecular weight excluding hydrogens is 178 g/mol. The van der Waals surface area contributed by atoms with E-state index in [2.05, 4.69) is 24.1 Å². The molecule has 3 N–H and O–H groups in total. The van der Waals surface area contributed by atoms with Crippen LogP contribution in [0.4, 0.5) is 0 Å². The van der Waals surface area contributed by atoms with Gasteiger partial charge in [0.05, 0.1) is 6.54 Å². The van der Waals surface area contributed by atoms with Crippen molar-refractivity contribution in [1.29, 1.82) is 0 Å². The van der Waals surface area contributed by atoms with Crippen molar-refractivity contribution in [2.45, 2.75) is 38.8 Å². The SMILES string of the molecule is CCC(CC)NC1CN(CC(N)=O)C1. The molecule has 1 aliphatic heterocycles. The second kappa shape index (κ2) is 5.32. The molecule has 1 heterocycles. The van der Waals surface area contributed by atoms with Gasteiger partial charge in [-0.1, -0.05) is 13.8 Å². The molecule has 1 fully saturated rings. The Morgan fingerprint density at radius 1 is 1.50 bits per heavy atom. The lowest BCUT2D eigenvalue weighted by molar-refractivity contribution is -0.120. The van der Waals surface area contributed by atoms with Gasteiger partial charge in [0, 0.05) is 25.2 Å². The average Bonchev–Trinajstić information content (AvgIpc) is 2.08. The summed E-state index contributed by atoms with van der Waals surface area (Å²) >= 11 is 0. The van der Waals surface area contributed by atoms with Crippen molar-refractivity contribution in [3.8, 4) is 0 Å². The molecule has 1 aliphatic rings. The van der Waals surface area contributed by atoms with Crippen LogP contribution in [0.5, 0.6) is 0 Å². The maximum atomic E-state index is 10.6. The first-order valence-electron chi connectivity index (χ1n) is 5.42. The van der Waals surface area contributed by atoms with Crippen molar-refractivity contribution in [2.75, 3.05) is 19.6 Å². The second-order valence-corrected chi connectivity index (χ2v) is 4.04. The molecular formula is C10H21N3O. The molecule has 0 aliphatic carbocycles. The Morgan fingerprint density at radius 2 is 2.07 bits per heavy atom. The molecule has 0 aromatic rings. The maximum absolute atomic E-state index is 10.6. The fourth-order valence-corrected chi connectivity index (χ4v) is 1.88. The minimum atomic E-state index is -0.231. The largest absolute Gasteiger partial charge is 0.369 e. The van der Waals surface area contributed by atoms with Gasteiger partial charge in [0.25, 0.3) is 0 Å². The van der Waals surface area contributed by atoms with E-state index in [-0.39, 0.29) is 5.91 Å². The standard InChI is InChI=1S/C10H21N3O/c1-3-8(4-2)12-9-5-13(6-9)7-10(11)14/h8-9,12H,3-7H2,1-2H3,(H2,11,14). The topological polar surface area (TPSA) is 58.4 Å². The third kappa shape index (κ3) is 3.27. The van der Waals surface area contributed by atoms with Crippen molar-refractivity contribution in [3.05, 3.63) is 0 Å². The van der Waals surface area contributed by atoms with E-state index in [1.54, 1.807) is 0 Å². The number of rotatable bonds is 6. The number of nitrogens with two attached hydrogens (primary N) is 1. The summed E-state index contributed by atoms with van der Waals surface area (Å²) in [4.78, 5) is 12.7. The highest BCUT2D eigenvalue weighted by Gasteiger charge is 2.28. The summed E-state index contributed by atoms with van der Waals surface area (Å²) in [7, 11) is 0. The monoisotopic (exact) mass is 199 g/mol. The summed E-state index contributed by atoms with van der Waals surface area (Å²) in [6.45, 7) is 6.71. The van der Waals surface area contributed by atoms with E-state index in [0.717, 1.165) is 13.1 Å². The first kappa shape index (κ1) is 11.5. The summed E-state index contributed by atoms with van der Waals surface area (Å²) in [5.41, 5.74) is 5.10. The van der Waals surface area contributed by atoms with Crippen LogP contribution in [0, 0.1) is 0 Å². The Kier molecular flexibility index (Phi) is 4.35. The highest BCUT2D eigenvalue weighted by molar-refractivity contribution is 5.76. The quantitative estimate of drug-likeness (QED) is 0.630. The van der Waals surface area contributed by atoms with E-state index in [1.165, 1.54) is 12.8 Å². The maximum Gasteiger partial charge on any atom is 0.231 e. The van der Waals surface area contributed by atoms with Gasteiger partial charge in [-0.25, -0.2) is 0 Å². The molecule has 0 bridgehead atoms. The number of likely N-dealkylation sites (tertiary alicyclic amines) is 1. The Hall–Kier alpha value is -0.610. The van der Waals surface area contributed by atoms with Crippen molar-refractivity contribution in [1.82, 2.24) is 10.2 Å². The van der Waals surface area contributed by atoms with Crippen LogP contribution >= 0.6 is 0 Å². The minimum absolute atomic E-state index is 0.231. The molecule has 0 unspecified atom stereocenters. The molecule has 0 aromatic carbocycles. The Balaban J connectivity index is 2.12. The summed E-state index contributed by atoms with van der Waals surface area (Å²) in [6.07, 6.45) is 2.34. The number of hydrogen-bond acceptors (Lipinski definition) is 3. The lowest BCUT2D eigenvalue weighted by Gasteiger charge is -2.40. The highest BCUT2D eigenvalue weighted by Crippen LogP contribution is 2.09. The van der Waals surface area contributed by atoms with Crippen LogP contribution in [0.15, 0.2) is 0 Å². The fourth-order valence-electron chi connectivity index (χ4n) is 1.88. The van der Waals surface area contributed by atoms with Crippen molar-refractivity contribution >= 4 is 5.91 Å². The smallest absolute Gasteiger partial charge is 0.231 e.